The first-order chi connectivity index (χ1) is 18.2. The molecule has 38 heavy (non-hydrogen) atoms. The van der Waals surface area contributed by atoms with Crippen molar-refractivity contribution in [3.05, 3.63) is 93.0 Å². The minimum absolute atomic E-state index is 0.197. The summed E-state index contributed by atoms with van der Waals surface area (Å²) in [4.78, 5) is 43.6. The molecule has 1 aliphatic heterocycles. The van der Waals surface area contributed by atoms with Crippen molar-refractivity contribution in [1.82, 2.24) is 4.98 Å². The quantitative estimate of drug-likeness (QED) is 0.119. The number of fused-ring (bicyclic) bond motifs is 1. The molecule has 1 aliphatic rings. The number of aliphatic hydroxyl groups excluding tert-OH is 1. The molecule has 0 bridgehead atoms. The van der Waals surface area contributed by atoms with Crippen molar-refractivity contribution < 1.29 is 29.1 Å². The molecule has 1 N–H and O–H groups in total. The maximum absolute atomic E-state index is 13.4. The summed E-state index contributed by atoms with van der Waals surface area (Å²) < 4.78 is 11.3. The summed E-state index contributed by atoms with van der Waals surface area (Å²) in [7, 11) is 3.05. The second kappa shape index (κ2) is 9.60. The van der Waals surface area contributed by atoms with Crippen molar-refractivity contribution in [3.8, 4) is 11.5 Å². The molecule has 2 heterocycles. The number of nitro groups is 1. The number of ketones is 1. The summed E-state index contributed by atoms with van der Waals surface area (Å²) in [6.07, 6.45) is 0. The first-order valence-corrected chi connectivity index (χ1v) is 12.2. The Bertz CT molecular complexity index is 1660. The topological polar surface area (TPSA) is 132 Å². The minimum atomic E-state index is -1.15. The summed E-state index contributed by atoms with van der Waals surface area (Å²) in [5.74, 6) is -1.05. The number of anilines is 1. The normalized spacial score (nSPS) is 16.7. The Morgan fingerprint density at radius 2 is 1.87 bits per heavy atom. The Balaban J connectivity index is 1.74. The van der Waals surface area contributed by atoms with E-state index < -0.39 is 28.4 Å². The monoisotopic (exact) mass is 531 g/mol. The lowest BCUT2D eigenvalue weighted by molar-refractivity contribution is -0.384. The fourth-order valence-electron chi connectivity index (χ4n) is 4.46. The van der Waals surface area contributed by atoms with Gasteiger partial charge in [0.25, 0.3) is 11.5 Å². The van der Waals surface area contributed by atoms with Crippen LogP contribution in [-0.4, -0.2) is 40.9 Å². The molecule has 1 aromatic heterocycles. The number of non-ortho nitro benzene ring substituents is 1. The number of Topliss-reactive ketones (excluding diaryl/α,β-unsaturated/α-hetero) is 1. The lowest BCUT2D eigenvalue weighted by Gasteiger charge is -2.22. The molecule has 11 heteroatoms. The molecule has 1 atom stereocenters. The molecule has 0 radical (unpaired) electrons. The fourth-order valence-corrected chi connectivity index (χ4v) is 5.48. The van der Waals surface area contributed by atoms with E-state index in [9.17, 15) is 24.8 Å². The van der Waals surface area contributed by atoms with Crippen LogP contribution in [0.3, 0.4) is 0 Å². The van der Waals surface area contributed by atoms with Gasteiger partial charge in [-0.1, -0.05) is 23.5 Å². The van der Waals surface area contributed by atoms with Crippen LogP contribution in [0.1, 0.15) is 22.7 Å². The number of hydrogen-bond donors (Lipinski definition) is 1. The average molecular weight is 532 g/mol. The van der Waals surface area contributed by atoms with Gasteiger partial charge in [-0.2, -0.15) is 0 Å². The molecule has 192 valence electrons. The van der Waals surface area contributed by atoms with Gasteiger partial charge in [0.15, 0.2) is 5.13 Å². The highest BCUT2D eigenvalue weighted by Gasteiger charge is 2.48. The summed E-state index contributed by atoms with van der Waals surface area (Å²) in [6, 6.07) is 14.5. The van der Waals surface area contributed by atoms with E-state index in [1.165, 1.54) is 37.3 Å². The number of rotatable bonds is 6. The van der Waals surface area contributed by atoms with Crippen molar-refractivity contribution in [2.75, 3.05) is 19.1 Å². The number of aryl methyl sites for hydroxylation is 1. The van der Waals surface area contributed by atoms with Gasteiger partial charge in [-0.3, -0.25) is 24.6 Å². The highest BCUT2D eigenvalue weighted by molar-refractivity contribution is 7.22. The Kier molecular flexibility index (Phi) is 6.29. The summed E-state index contributed by atoms with van der Waals surface area (Å²) in [6.45, 7) is 1.78. The van der Waals surface area contributed by atoms with E-state index in [1.54, 1.807) is 49.4 Å². The molecule has 0 aliphatic carbocycles. The highest BCUT2D eigenvalue weighted by atomic mass is 32.1. The van der Waals surface area contributed by atoms with Crippen LogP contribution in [0, 0.1) is 17.0 Å². The number of ether oxygens (including phenoxy) is 2. The van der Waals surface area contributed by atoms with Crippen molar-refractivity contribution >= 4 is 49.8 Å². The second-order valence-electron chi connectivity index (χ2n) is 8.54. The zero-order chi connectivity index (χ0) is 27.1. The van der Waals surface area contributed by atoms with Crippen LogP contribution in [0.15, 0.2) is 66.2 Å². The maximum Gasteiger partial charge on any atom is 0.301 e. The number of carbonyl (C=O) groups is 2. The van der Waals surface area contributed by atoms with Gasteiger partial charge in [0, 0.05) is 17.7 Å². The number of thiazole rings is 1. The number of aromatic nitrogens is 1. The third-order valence-corrected chi connectivity index (χ3v) is 7.32. The Morgan fingerprint density at radius 3 is 2.55 bits per heavy atom. The molecular formula is C27H21N3O7S. The van der Waals surface area contributed by atoms with Crippen LogP contribution >= 0.6 is 11.3 Å². The minimum Gasteiger partial charge on any atom is -0.507 e. The average Bonchev–Trinajstić information content (AvgIpc) is 3.45. The lowest BCUT2D eigenvalue weighted by Crippen LogP contribution is -2.29. The summed E-state index contributed by atoms with van der Waals surface area (Å²) >= 11 is 1.16. The maximum atomic E-state index is 13.4. The lowest BCUT2D eigenvalue weighted by atomic mass is 9.94. The molecule has 1 saturated heterocycles. The predicted octanol–water partition coefficient (Wildman–Crippen LogP) is 5.16. The predicted molar refractivity (Wildman–Crippen MR) is 142 cm³/mol. The van der Waals surface area contributed by atoms with Crippen LogP contribution in [0.2, 0.25) is 0 Å². The van der Waals surface area contributed by atoms with Crippen LogP contribution < -0.4 is 14.4 Å². The van der Waals surface area contributed by atoms with Crippen LogP contribution in [0.4, 0.5) is 10.8 Å². The summed E-state index contributed by atoms with van der Waals surface area (Å²) in [5.41, 5.74) is 1.45. The third kappa shape index (κ3) is 4.12. The van der Waals surface area contributed by atoms with Crippen molar-refractivity contribution in [1.29, 1.82) is 0 Å². The van der Waals surface area contributed by atoms with E-state index >= 15 is 0 Å². The molecule has 4 aromatic rings. The number of nitrogens with zero attached hydrogens (tertiary/aromatic N) is 3. The van der Waals surface area contributed by atoms with Gasteiger partial charge < -0.3 is 14.6 Å². The molecule has 0 spiro atoms. The van der Waals surface area contributed by atoms with Crippen molar-refractivity contribution in [3.63, 3.8) is 0 Å². The van der Waals surface area contributed by atoms with Crippen LogP contribution in [0.5, 0.6) is 11.5 Å². The zero-order valence-electron chi connectivity index (χ0n) is 20.5. The van der Waals surface area contributed by atoms with Gasteiger partial charge in [-0.15, -0.1) is 0 Å². The molecule has 1 amide bonds. The van der Waals surface area contributed by atoms with Gasteiger partial charge >= 0.3 is 5.91 Å². The first-order valence-electron chi connectivity index (χ1n) is 11.4. The number of methoxy groups -OCH3 is 2. The second-order valence-corrected chi connectivity index (χ2v) is 9.54. The highest BCUT2D eigenvalue weighted by Crippen LogP contribution is 2.45. The van der Waals surface area contributed by atoms with Gasteiger partial charge in [0.05, 0.1) is 41.0 Å². The number of carbonyl (C=O) groups excluding carboxylic acids is 2. The SMILES string of the molecule is COc1ccc2nc(N3C(=O)C(=O)C(=C(O)c4ccc(OC)c(C)c4)[C@H]3c3cccc([N+](=O)[O-])c3)sc2c1. The van der Waals surface area contributed by atoms with E-state index in [1.807, 2.05) is 0 Å². The Morgan fingerprint density at radius 1 is 1.08 bits per heavy atom. The van der Waals surface area contributed by atoms with E-state index in [0.29, 0.717) is 32.8 Å². The Hall–Kier alpha value is -4.77. The van der Waals surface area contributed by atoms with E-state index in [0.717, 1.165) is 11.3 Å². The zero-order valence-corrected chi connectivity index (χ0v) is 21.3. The molecule has 0 unspecified atom stereocenters. The van der Waals surface area contributed by atoms with E-state index in [4.69, 9.17) is 9.47 Å². The molecule has 3 aromatic carbocycles. The molecule has 0 saturated carbocycles. The molecule has 10 nitrogen and oxygen atoms in total. The van der Waals surface area contributed by atoms with Crippen LogP contribution in [-0.2, 0) is 9.59 Å². The van der Waals surface area contributed by atoms with E-state index in [2.05, 4.69) is 4.98 Å². The summed E-state index contributed by atoms with van der Waals surface area (Å²) in [5, 5.41) is 23.1. The van der Waals surface area contributed by atoms with Gasteiger partial charge in [0.1, 0.15) is 17.3 Å². The fraction of sp³-hybridized carbons (Fsp3) is 0.148. The third-order valence-electron chi connectivity index (χ3n) is 6.30. The molecular weight excluding hydrogens is 510 g/mol. The number of nitro benzene ring substituents is 1. The number of hydrogen-bond acceptors (Lipinski definition) is 9. The molecule has 1 fully saturated rings. The smallest absolute Gasteiger partial charge is 0.301 e. The molecule has 5 rings (SSSR count). The van der Waals surface area contributed by atoms with Gasteiger partial charge in [-0.25, -0.2) is 4.98 Å². The largest absolute Gasteiger partial charge is 0.507 e. The van der Waals surface area contributed by atoms with E-state index in [-0.39, 0.29) is 22.0 Å². The van der Waals surface area contributed by atoms with Gasteiger partial charge in [0.2, 0.25) is 0 Å². The number of benzene rings is 3. The van der Waals surface area contributed by atoms with Crippen LogP contribution in [0.25, 0.3) is 16.0 Å². The first kappa shape index (κ1) is 24.9. The number of amides is 1. The van der Waals surface area contributed by atoms with Gasteiger partial charge in [-0.05, 0) is 54.4 Å². The Labute approximate surface area is 220 Å². The standard InChI is InChI=1S/C27H21N3O7S/c1-14-11-16(7-10-20(14)37-3)24(31)22-23(15-5-4-6-17(12-15)30(34)35)29(26(33)25(22)32)27-28-19-9-8-18(36-2)13-21(19)38-27/h4-13,23,31H,1-3H3/t23-/m1/s1. The van der Waals surface area contributed by atoms with Crippen molar-refractivity contribution in [2.45, 2.75) is 13.0 Å². The number of aliphatic hydroxyl groups is 1. The van der Waals surface area contributed by atoms with Crippen molar-refractivity contribution in [2.24, 2.45) is 0 Å².